The van der Waals surface area contributed by atoms with Crippen LogP contribution in [-0.2, 0) is 0 Å². The Morgan fingerprint density at radius 2 is 2.38 bits per heavy atom. The molecule has 8 heavy (non-hydrogen) atoms. The van der Waals surface area contributed by atoms with Crippen LogP contribution in [0, 0.1) is 11.8 Å². The van der Waals surface area contributed by atoms with E-state index in [9.17, 15) is 4.39 Å². The van der Waals surface area contributed by atoms with Crippen molar-refractivity contribution in [3.63, 3.8) is 0 Å². The maximum absolute atomic E-state index is 11.9. The van der Waals surface area contributed by atoms with E-state index in [1.54, 1.807) is 0 Å². The summed E-state index contributed by atoms with van der Waals surface area (Å²) >= 11 is 0. The molecule has 1 aliphatic rings. The summed E-state index contributed by atoms with van der Waals surface area (Å²) < 4.78 is 11.9. The minimum atomic E-state index is -0.159. The van der Waals surface area contributed by atoms with Crippen LogP contribution in [0.3, 0.4) is 0 Å². The highest BCUT2D eigenvalue weighted by Crippen LogP contribution is 2.15. The van der Waals surface area contributed by atoms with E-state index >= 15 is 0 Å². The van der Waals surface area contributed by atoms with Gasteiger partial charge in [0, 0.05) is 12.5 Å². The lowest BCUT2D eigenvalue weighted by atomic mass is 10.0. The number of hydrogen-bond acceptors (Lipinski definition) is 1. The molecule has 2 atom stereocenters. The molecule has 1 heterocycles. The second-order valence-corrected chi connectivity index (χ2v) is 2.55. The topological polar surface area (TPSA) is 12.0 Å². The van der Waals surface area contributed by atoms with E-state index in [0.29, 0.717) is 5.92 Å². The molecule has 1 N–H and O–H groups in total. The van der Waals surface area contributed by atoms with Crippen LogP contribution in [0.1, 0.15) is 6.92 Å². The van der Waals surface area contributed by atoms with E-state index < -0.39 is 0 Å². The van der Waals surface area contributed by atoms with Gasteiger partial charge in [-0.15, -0.1) is 0 Å². The molecule has 0 aliphatic carbocycles. The fraction of sp³-hybridized carbons (Fsp3) is 1.00. The lowest BCUT2D eigenvalue weighted by Gasteiger charge is -2.06. The summed E-state index contributed by atoms with van der Waals surface area (Å²) in [5.41, 5.74) is 0. The van der Waals surface area contributed by atoms with Crippen molar-refractivity contribution in [2.75, 3.05) is 19.8 Å². The molecular formula is C6H12FN. The molecule has 0 spiro atoms. The average molecular weight is 117 g/mol. The normalized spacial score (nSPS) is 38.2. The first-order valence-electron chi connectivity index (χ1n) is 3.11. The first kappa shape index (κ1) is 6.02. The van der Waals surface area contributed by atoms with Gasteiger partial charge in [-0.25, -0.2) is 0 Å². The molecule has 2 heteroatoms. The second-order valence-electron chi connectivity index (χ2n) is 2.55. The standard InChI is InChI=1S/C6H12FN/c1-5-3-8-4-6(5)2-7/h5-6,8H,2-4H2,1H3. The van der Waals surface area contributed by atoms with Gasteiger partial charge in [-0.2, -0.15) is 0 Å². The second kappa shape index (κ2) is 2.44. The van der Waals surface area contributed by atoms with E-state index in [0.717, 1.165) is 13.1 Å². The van der Waals surface area contributed by atoms with Crippen LogP contribution in [-0.4, -0.2) is 19.8 Å². The molecule has 0 amide bonds. The predicted molar refractivity (Wildman–Crippen MR) is 31.5 cm³/mol. The molecule has 0 bridgehead atoms. The van der Waals surface area contributed by atoms with E-state index in [1.807, 2.05) is 0 Å². The van der Waals surface area contributed by atoms with Gasteiger partial charge in [0.25, 0.3) is 0 Å². The zero-order chi connectivity index (χ0) is 5.98. The number of alkyl halides is 1. The Balaban J connectivity index is 2.30. The number of rotatable bonds is 1. The molecule has 2 unspecified atom stereocenters. The van der Waals surface area contributed by atoms with Crippen molar-refractivity contribution in [2.24, 2.45) is 11.8 Å². The van der Waals surface area contributed by atoms with Crippen LogP contribution >= 0.6 is 0 Å². The third-order valence-electron chi connectivity index (χ3n) is 1.88. The number of halogens is 1. The van der Waals surface area contributed by atoms with Crippen LogP contribution in [0.5, 0.6) is 0 Å². The highest BCUT2D eigenvalue weighted by molar-refractivity contribution is 4.76. The van der Waals surface area contributed by atoms with E-state index in [1.165, 1.54) is 0 Å². The fourth-order valence-electron chi connectivity index (χ4n) is 1.07. The lowest BCUT2D eigenvalue weighted by molar-refractivity contribution is 0.329. The highest BCUT2D eigenvalue weighted by Gasteiger charge is 2.21. The van der Waals surface area contributed by atoms with Crippen molar-refractivity contribution in [3.8, 4) is 0 Å². The minimum Gasteiger partial charge on any atom is -0.316 e. The van der Waals surface area contributed by atoms with Crippen LogP contribution < -0.4 is 5.32 Å². The van der Waals surface area contributed by atoms with Crippen LogP contribution in [0.2, 0.25) is 0 Å². The first-order valence-corrected chi connectivity index (χ1v) is 3.11. The van der Waals surface area contributed by atoms with Crippen molar-refractivity contribution in [1.29, 1.82) is 0 Å². The van der Waals surface area contributed by atoms with Gasteiger partial charge >= 0.3 is 0 Å². The van der Waals surface area contributed by atoms with Crippen molar-refractivity contribution < 1.29 is 4.39 Å². The molecule has 1 aliphatic heterocycles. The third-order valence-corrected chi connectivity index (χ3v) is 1.88. The van der Waals surface area contributed by atoms with Gasteiger partial charge in [0.15, 0.2) is 0 Å². The molecule has 48 valence electrons. The Hall–Kier alpha value is -0.110. The number of hydrogen-bond donors (Lipinski definition) is 1. The zero-order valence-corrected chi connectivity index (χ0v) is 5.15. The lowest BCUT2D eigenvalue weighted by Crippen LogP contribution is -2.11. The summed E-state index contributed by atoms with van der Waals surface area (Å²) in [6.07, 6.45) is 0. The largest absolute Gasteiger partial charge is 0.316 e. The zero-order valence-electron chi connectivity index (χ0n) is 5.15. The number of nitrogens with one attached hydrogen (secondary N) is 1. The summed E-state index contributed by atoms with van der Waals surface area (Å²) in [6.45, 7) is 3.80. The Kier molecular flexibility index (Phi) is 1.84. The van der Waals surface area contributed by atoms with Crippen LogP contribution in [0.25, 0.3) is 0 Å². The van der Waals surface area contributed by atoms with Crippen molar-refractivity contribution in [2.45, 2.75) is 6.92 Å². The molecule has 0 saturated carbocycles. The molecule has 1 rings (SSSR count). The molecular weight excluding hydrogens is 105 g/mol. The average Bonchev–Trinajstić information content (AvgIpc) is 2.14. The third kappa shape index (κ3) is 0.996. The molecule has 0 aromatic carbocycles. The maximum atomic E-state index is 11.9. The summed E-state index contributed by atoms with van der Waals surface area (Å²) in [6, 6.07) is 0. The Morgan fingerprint density at radius 1 is 1.62 bits per heavy atom. The highest BCUT2D eigenvalue weighted by atomic mass is 19.1. The van der Waals surface area contributed by atoms with Gasteiger partial charge in [-0.3, -0.25) is 4.39 Å². The molecule has 1 saturated heterocycles. The SMILES string of the molecule is CC1CNCC1CF. The molecule has 0 aromatic heterocycles. The molecule has 1 nitrogen and oxygen atoms in total. The van der Waals surface area contributed by atoms with Gasteiger partial charge in [0.2, 0.25) is 0 Å². The quantitative estimate of drug-likeness (QED) is 0.536. The predicted octanol–water partition coefficient (Wildman–Crippen LogP) is 0.811. The monoisotopic (exact) mass is 117 g/mol. The Morgan fingerprint density at radius 3 is 2.62 bits per heavy atom. The van der Waals surface area contributed by atoms with Crippen molar-refractivity contribution in [3.05, 3.63) is 0 Å². The maximum Gasteiger partial charge on any atom is 0.0937 e. The van der Waals surface area contributed by atoms with Gasteiger partial charge < -0.3 is 5.32 Å². The van der Waals surface area contributed by atoms with E-state index in [-0.39, 0.29) is 12.6 Å². The summed E-state index contributed by atoms with van der Waals surface area (Å²) in [7, 11) is 0. The molecule has 0 radical (unpaired) electrons. The molecule has 1 fully saturated rings. The fourth-order valence-corrected chi connectivity index (χ4v) is 1.07. The van der Waals surface area contributed by atoms with E-state index in [4.69, 9.17) is 0 Å². The Labute approximate surface area is 49.3 Å². The van der Waals surface area contributed by atoms with Crippen molar-refractivity contribution in [1.82, 2.24) is 5.32 Å². The Bertz CT molecular complexity index is 74.9. The summed E-state index contributed by atoms with van der Waals surface area (Å²) in [4.78, 5) is 0. The van der Waals surface area contributed by atoms with Gasteiger partial charge in [0.05, 0.1) is 6.67 Å². The first-order chi connectivity index (χ1) is 3.84. The van der Waals surface area contributed by atoms with Gasteiger partial charge in [-0.05, 0) is 12.5 Å². The van der Waals surface area contributed by atoms with Crippen LogP contribution in [0.4, 0.5) is 4.39 Å². The smallest absolute Gasteiger partial charge is 0.0937 e. The van der Waals surface area contributed by atoms with Gasteiger partial charge in [-0.1, -0.05) is 6.92 Å². The van der Waals surface area contributed by atoms with Crippen molar-refractivity contribution >= 4 is 0 Å². The molecule has 0 aromatic rings. The van der Waals surface area contributed by atoms with E-state index in [2.05, 4.69) is 12.2 Å². The minimum absolute atomic E-state index is 0.159. The summed E-state index contributed by atoms with van der Waals surface area (Å²) in [5, 5.41) is 3.13. The summed E-state index contributed by atoms with van der Waals surface area (Å²) in [5.74, 6) is 0.829. The van der Waals surface area contributed by atoms with Crippen LogP contribution in [0.15, 0.2) is 0 Å². The van der Waals surface area contributed by atoms with Gasteiger partial charge in [0.1, 0.15) is 0 Å².